The fourth-order valence-corrected chi connectivity index (χ4v) is 4.78. The molecule has 24 heavy (non-hydrogen) atoms. The second-order valence-corrected chi connectivity index (χ2v) is 7.28. The van der Waals surface area contributed by atoms with Crippen LogP contribution in [-0.4, -0.2) is 23.7 Å². The van der Waals surface area contributed by atoms with Crippen LogP contribution in [0, 0.1) is 0 Å². The molecule has 1 unspecified atom stereocenters. The number of benzene rings is 1. The number of rotatable bonds is 0. The highest BCUT2D eigenvalue weighted by Crippen LogP contribution is 2.65. The van der Waals surface area contributed by atoms with Gasteiger partial charge in [0.1, 0.15) is 5.60 Å². The third-order valence-corrected chi connectivity index (χ3v) is 5.93. The first-order chi connectivity index (χ1) is 11.3. The molecule has 3 nitrogen and oxygen atoms in total. The Morgan fingerprint density at radius 1 is 1.08 bits per heavy atom. The second kappa shape index (κ2) is 5.70. The van der Waals surface area contributed by atoms with Gasteiger partial charge in [-0.25, -0.2) is 0 Å². The van der Waals surface area contributed by atoms with Crippen LogP contribution in [0.15, 0.2) is 36.5 Å². The predicted octanol–water partition coefficient (Wildman–Crippen LogP) is 3.65. The van der Waals surface area contributed by atoms with E-state index < -0.39 is 0 Å². The molecule has 0 radical (unpaired) electrons. The number of piperidine rings is 1. The zero-order chi connectivity index (χ0) is 15.5. The van der Waals surface area contributed by atoms with Crippen molar-refractivity contribution in [1.82, 2.24) is 10.3 Å². The molecule has 1 aliphatic carbocycles. The van der Waals surface area contributed by atoms with Gasteiger partial charge in [0, 0.05) is 11.2 Å². The van der Waals surface area contributed by atoms with Gasteiger partial charge in [-0.15, -0.1) is 12.4 Å². The summed E-state index contributed by atoms with van der Waals surface area (Å²) in [5.41, 5.74) is 4.56. The van der Waals surface area contributed by atoms with E-state index in [1.54, 1.807) is 0 Å². The van der Waals surface area contributed by atoms with Gasteiger partial charge in [0.05, 0.1) is 5.69 Å². The van der Waals surface area contributed by atoms with Gasteiger partial charge in [-0.1, -0.05) is 23.7 Å². The van der Waals surface area contributed by atoms with Crippen molar-refractivity contribution in [1.29, 1.82) is 0 Å². The average Bonchev–Trinajstić information content (AvgIpc) is 3.24. The number of nitrogens with one attached hydrogen (secondary N) is 1. The fraction of sp³-hybridized carbons (Fsp3) is 0.421. The summed E-state index contributed by atoms with van der Waals surface area (Å²) in [4.78, 5) is 4.79. The number of hydrogen-bond donors (Lipinski definition) is 1. The molecular weight excluding hydrogens is 343 g/mol. The molecule has 2 aliphatic heterocycles. The van der Waals surface area contributed by atoms with Gasteiger partial charge in [-0.05, 0) is 73.7 Å². The summed E-state index contributed by atoms with van der Waals surface area (Å²) in [6.45, 7) is 2.01. The monoisotopic (exact) mass is 362 g/mol. The van der Waals surface area contributed by atoms with Crippen LogP contribution in [-0.2, 0) is 23.2 Å². The lowest BCUT2D eigenvalue weighted by atomic mass is 9.77. The molecule has 1 atom stereocenters. The Labute approximate surface area is 153 Å². The molecule has 126 valence electrons. The smallest absolute Gasteiger partial charge is 0.165 e. The third-order valence-electron chi connectivity index (χ3n) is 5.69. The molecule has 0 bridgehead atoms. The Morgan fingerprint density at radius 2 is 1.88 bits per heavy atom. The van der Waals surface area contributed by atoms with Crippen LogP contribution in [0.1, 0.15) is 35.2 Å². The van der Waals surface area contributed by atoms with Crippen molar-refractivity contribution in [3.63, 3.8) is 0 Å². The largest absolute Gasteiger partial charge is 0.350 e. The van der Waals surface area contributed by atoms with E-state index in [1.165, 1.54) is 16.7 Å². The minimum absolute atomic E-state index is 0. The van der Waals surface area contributed by atoms with Gasteiger partial charge < -0.3 is 10.1 Å². The molecule has 1 N–H and O–H groups in total. The molecule has 2 spiro atoms. The van der Waals surface area contributed by atoms with E-state index in [0.29, 0.717) is 0 Å². The lowest BCUT2D eigenvalue weighted by Crippen LogP contribution is -2.38. The molecule has 0 saturated carbocycles. The van der Waals surface area contributed by atoms with Crippen molar-refractivity contribution >= 4 is 24.0 Å². The summed E-state index contributed by atoms with van der Waals surface area (Å²) >= 11 is 6.27. The van der Waals surface area contributed by atoms with Gasteiger partial charge >= 0.3 is 0 Å². The summed E-state index contributed by atoms with van der Waals surface area (Å²) in [7, 11) is 0. The summed E-state index contributed by atoms with van der Waals surface area (Å²) in [6.07, 6.45) is 5.96. The highest BCUT2D eigenvalue weighted by Gasteiger charge is 2.73. The lowest BCUT2D eigenvalue weighted by molar-refractivity contribution is 0.235. The van der Waals surface area contributed by atoms with Crippen molar-refractivity contribution in [2.45, 2.75) is 36.9 Å². The molecule has 1 aromatic heterocycles. The highest BCUT2D eigenvalue weighted by atomic mass is 35.5. The summed E-state index contributed by atoms with van der Waals surface area (Å²) in [5, 5.41) is 4.26. The van der Waals surface area contributed by atoms with Crippen LogP contribution in [0.2, 0.25) is 5.02 Å². The first-order valence-electron chi connectivity index (χ1n) is 8.39. The number of fused-ring (bicyclic) bond motifs is 5. The number of epoxide rings is 1. The minimum Gasteiger partial charge on any atom is -0.350 e. The van der Waals surface area contributed by atoms with E-state index in [9.17, 15) is 0 Å². The maximum Gasteiger partial charge on any atom is 0.165 e. The molecule has 0 amide bonds. The number of ether oxygens (including phenoxy) is 1. The molecule has 2 saturated heterocycles. The number of pyridine rings is 1. The van der Waals surface area contributed by atoms with E-state index in [1.807, 2.05) is 18.3 Å². The first kappa shape index (κ1) is 16.3. The van der Waals surface area contributed by atoms with Crippen molar-refractivity contribution in [2.75, 3.05) is 13.1 Å². The van der Waals surface area contributed by atoms with Crippen LogP contribution in [0.25, 0.3) is 0 Å². The van der Waals surface area contributed by atoms with Gasteiger partial charge in [0.25, 0.3) is 0 Å². The third kappa shape index (κ3) is 2.08. The maximum atomic E-state index is 6.60. The van der Waals surface area contributed by atoms with E-state index in [-0.39, 0.29) is 23.6 Å². The van der Waals surface area contributed by atoms with Crippen LogP contribution in [0.3, 0.4) is 0 Å². The summed E-state index contributed by atoms with van der Waals surface area (Å²) in [6, 6.07) is 10.5. The molecule has 5 heteroatoms. The Balaban J connectivity index is 0.00000146. The molecule has 3 aliphatic rings. The molecular formula is C19H20Cl2N2O. The molecule has 3 heterocycles. The van der Waals surface area contributed by atoms with Crippen molar-refractivity contribution in [3.05, 3.63) is 63.9 Å². The molecule has 1 aromatic carbocycles. The Hall–Kier alpha value is -1.13. The van der Waals surface area contributed by atoms with Crippen molar-refractivity contribution < 1.29 is 4.74 Å². The van der Waals surface area contributed by atoms with Crippen LogP contribution >= 0.6 is 24.0 Å². The topological polar surface area (TPSA) is 37.5 Å². The summed E-state index contributed by atoms with van der Waals surface area (Å²) < 4.78 is 6.60. The van der Waals surface area contributed by atoms with Gasteiger partial charge in [-0.3, -0.25) is 4.98 Å². The molecule has 2 fully saturated rings. The number of hydrogen-bond acceptors (Lipinski definition) is 3. The van der Waals surface area contributed by atoms with E-state index >= 15 is 0 Å². The van der Waals surface area contributed by atoms with Gasteiger partial charge in [-0.2, -0.15) is 0 Å². The SMILES string of the molecule is Cl.Clc1ccc2c(c1)CCc1cccnc1C21OC12CCNCC2. The van der Waals surface area contributed by atoms with Crippen LogP contribution in [0.5, 0.6) is 0 Å². The van der Waals surface area contributed by atoms with Crippen LogP contribution in [0.4, 0.5) is 0 Å². The maximum absolute atomic E-state index is 6.60. The Bertz CT molecular complexity index is 789. The second-order valence-electron chi connectivity index (χ2n) is 6.84. The van der Waals surface area contributed by atoms with Crippen LogP contribution < -0.4 is 5.32 Å². The zero-order valence-electron chi connectivity index (χ0n) is 13.3. The fourth-order valence-electron chi connectivity index (χ4n) is 4.58. The zero-order valence-corrected chi connectivity index (χ0v) is 14.9. The highest BCUT2D eigenvalue weighted by molar-refractivity contribution is 6.30. The number of aromatic nitrogens is 1. The minimum atomic E-state index is -0.373. The summed E-state index contributed by atoms with van der Waals surface area (Å²) in [5.74, 6) is 0. The van der Waals surface area contributed by atoms with E-state index in [0.717, 1.165) is 49.5 Å². The molecule has 5 rings (SSSR count). The molecule has 2 aromatic rings. The van der Waals surface area contributed by atoms with E-state index in [2.05, 4.69) is 23.5 Å². The standard InChI is InChI=1S/C19H19ClN2O.ClH/c20-15-5-6-16-14(12-15)4-3-13-2-1-9-22-17(13)19(16)18(23-19)7-10-21-11-8-18;/h1-2,5-6,9,12,21H,3-4,7-8,10-11H2;1H. The number of aryl methyl sites for hydroxylation is 2. The first-order valence-corrected chi connectivity index (χ1v) is 8.77. The lowest BCUT2D eigenvalue weighted by Gasteiger charge is -2.25. The number of nitrogens with zero attached hydrogens (tertiary/aromatic N) is 1. The van der Waals surface area contributed by atoms with E-state index in [4.69, 9.17) is 21.3 Å². The quantitative estimate of drug-likeness (QED) is 0.726. The predicted molar refractivity (Wildman–Crippen MR) is 97.0 cm³/mol. The Morgan fingerprint density at radius 3 is 2.71 bits per heavy atom. The van der Waals surface area contributed by atoms with Crippen molar-refractivity contribution in [2.24, 2.45) is 0 Å². The average molecular weight is 363 g/mol. The van der Waals surface area contributed by atoms with Gasteiger partial charge in [0.15, 0.2) is 5.60 Å². The number of halogens is 2. The Kier molecular flexibility index (Phi) is 3.88. The normalized spacial score (nSPS) is 26.2. The van der Waals surface area contributed by atoms with Gasteiger partial charge in [0.2, 0.25) is 0 Å². The van der Waals surface area contributed by atoms with Crippen molar-refractivity contribution in [3.8, 4) is 0 Å².